The molecular formula is C19H23N7O2. The van der Waals surface area contributed by atoms with Gasteiger partial charge < -0.3 is 15.0 Å². The number of hydrogen-bond donors (Lipinski definition) is 2. The van der Waals surface area contributed by atoms with E-state index < -0.39 is 0 Å². The first kappa shape index (κ1) is 17.3. The molecule has 0 aromatic carbocycles. The molecule has 0 spiro atoms. The SMILES string of the molecule is Cn1cc(-n2nc(-c3ccc[nH]c3=O)nc2[C@H]2CC[C@H]3OCCN[C@@H]3C2)cn1. The number of pyridine rings is 1. The van der Waals surface area contributed by atoms with Crippen molar-refractivity contribution in [2.75, 3.05) is 13.2 Å². The van der Waals surface area contributed by atoms with Crippen LogP contribution in [0, 0.1) is 0 Å². The lowest BCUT2D eigenvalue weighted by molar-refractivity contribution is -0.0280. The molecular weight excluding hydrogens is 358 g/mol. The van der Waals surface area contributed by atoms with Gasteiger partial charge in [0.2, 0.25) is 0 Å². The minimum absolute atomic E-state index is 0.191. The Bertz CT molecular complexity index is 1040. The van der Waals surface area contributed by atoms with Crippen LogP contribution in [0.25, 0.3) is 17.1 Å². The molecule has 3 aromatic rings. The Balaban J connectivity index is 1.56. The third-order valence-corrected chi connectivity index (χ3v) is 5.62. The highest BCUT2D eigenvalue weighted by Crippen LogP contribution is 2.35. The molecule has 2 N–H and O–H groups in total. The van der Waals surface area contributed by atoms with Crippen molar-refractivity contribution in [2.24, 2.45) is 7.05 Å². The molecule has 0 unspecified atom stereocenters. The van der Waals surface area contributed by atoms with Crippen molar-refractivity contribution in [1.82, 2.24) is 34.8 Å². The van der Waals surface area contributed by atoms with Gasteiger partial charge >= 0.3 is 0 Å². The Morgan fingerprint density at radius 2 is 2.25 bits per heavy atom. The fourth-order valence-corrected chi connectivity index (χ4v) is 4.25. The summed E-state index contributed by atoms with van der Waals surface area (Å²) in [7, 11) is 1.87. The number of fused-ring (bicyclic) bond motifs is 1. The van der Waals surface area contributed by atoms with E-state index in [1.807, 2.05) is 17.9 Å². The maximum atomic E-state index is 12.3. The van der Waals surface area contributed by atoms with Crippen LogP contribution in [0.1, 0.15) is 31.0 Å². The van der Waals surface area contributed by atoms with Crippen LogP contribution >= 0.6 is 0 Å². The molecule has 9 heteroatoms. The number of nitrogens with zero attached hydrogens (tertiary/aromatic N) is 5. The van der Waals surface area contributed by atoms with Gasteiger partial charge in [0, 0.05) is 31.7 Å². The molecule has 0 radical (unpaired) electrons. The van der Waals surface area contributed by atoms with Gasteiger partial charge in [-0.25, -0.2) is 9.67 Å². The molecule has 1 aliphatic carbocycles. The number of nitrogens with one attached hydrogen (secondary N) is 2. The summed E-state index contributed by atoms with van der Waals surface area (Å²) in [4.78, 5) is 19.8. The first-order valence-corrected chi connectivity index (χ1v) is 9.68. The molecule has 0 amide bonds. The summed E-state index contributed by atoms with van der Waals surface area (Å²) in [5.74, 6) is 1.55. The number of aromatic nitrogens is 6. The van der Waals surface area contributed by atoms with E-state index in [1.54, 1.807) is 29.2 Å². The largest absolute Gasteiger partial charge is 0.375 e. The zero-order valence-electron chi connectivity index (χ0n) is 15.7. The predicted molar refractivity (Wildman–Crippen MR) is 102 cm³/mol. The van der Waals surface area contributed by atoms with Crippen LogP contribution in [0.15, 0.2) is 35.5 Å². The zero-order chi connectivity index (χ0) is 19.1. The van der Waals surface area contributed by atoms with E-state index in [0.717, 1.165) is 43.9 Å². The third kappa shape index (κ3) is 3.06. The molecule has 28 heavy (non-hydrogen) atoms. The van der Waals surface area contributed by atoms with Crippen LogP contribution in [0.2, 0.25) is 0 Å². The molecule has 4 heterocycles. The maximum Gasteiger partial charge on any atom is 0.259 e. The van der Waals surface area contributed by atoms with E-state index in [2.05, 4.69) is 20.5 Å². The molecule has 146 valence electrons. The highest BCUT2D eigenvalue weighted by Gasteiger charge is 2.36. The summed E-state index contributed by atoms with van der Waals surface area (Å²) in [6.45, 7) is 1.66. The average molecular weight is 381 g/mol. The Morgan fingerprint density at radius 1 is 1.32 bits per heavy atom. The number of ether oxygens (including phenoxy) is 1. The van der Waals surface area contributed by atoms with Crippen LogP contribution in [0.5, 0.6) is 0 Å². The number of rotatable bonds is 3. The topological polar surface area (TPSA) is 103 Å². The monoisotopic (exact) mass is 381 g/mol. The highest BCUT2D eigenvalue weighted by atomic mass is 16.5. The molecule has 3 aromatic heterocycles. The van der Waals surface area contributed by atoms with Crippen molar-refractivity contribution in [3.8, 4) is 17.1 Å². The first-order valence-electron chi connectivity index (χ1n) is 9.68. The van der Waals surface area contributed by atoms with E-state index in [1.165, 1.54) is 0 Å². The smallest absolute Gasteiger partial charge is 0.259 e. The van der Waals surface area contributed by atoms with Crippen molar-refractivity contribution < 1.29 is 4.74 Å². The van der Waals surface area contributed by atoms with E-state index in [4.69, 9.17) is 9.72 Å². The number of hydrogen-bond acceptors (Lipinski definition) is 6. The average Bonchev–Trinajstić information content (AvgIpc) is 3.34. The van der Waals surface area contributed by atoms with Crippen LogP contribution in [-0.4, -0.2) is 54.8 Å². The minimum atomic E-state index is -0.191. The maximum absolute atomic E-state index is 12.3. The summed E-state index contributed by atoms with van der Waals surface area (Å²) >= 11 is 0. The fourth-order valence-electron chi connectivity index (χ4n) is 4.25. The summed E-state index contributed by atoms with van der Waals surface area (Å²) in [6, 6.07) is 3.87. The van der Waals surface area contributed by atoms with Gasteiger partial charge in [-0.3, -0.25) is 9.48 Å². The normalized spacial score (nSPS) is 24.8. The van der Waals surface area contributed by atoms with Gasteiger partial charge in [0.05, 0.1) is 30.7 Å². The molecule has 5 rings (SSSR count). The van der Waals surface area contributed by atoms with Crippen molar-refractivity contribution >= 4 is 0 Å². The van der Waals surface area contributed by atoms with Gasteiger partial charge in [0.1, 0.15) is 11.5 Å². The van der Waals surface area contributed by atoms with Gasteiger partial charge in [0.25, 0.3) is 5.56 Å². The third-order valence-electron chi connectivity index (χ3n) is 5.62. The molecule has 1 saturated carbocycles. The number of aromatic amines is 1. The highest BCUT2D eigenvalue weighted by molar-refractivity contribution is 5.53. The molecule has 2 fully saturated rings. The first-order chi connectivity index (χ1) is 13.7. The Labute approximate surface area is 161 Å². The van der Waals surface area contributed by atoms with Crippen LogP contribution in [0.4, 0.5) is 0 Å². The Morgan fingerprint density at radius 3 is 3.07 bits per heavy atom. The van der Waals surface area contributed by atoms with Crippen molar-refractivity contribution in [2.45, 2.75) is 37.3 Å². The summed E-state index contributed by atoms with van der Waals surface area (Å²) < 4.78 is 9.49. The number of H-pyrrole nitrogens is 1. The van der Waals surface area contributed by atoms with Gasteiger partial charge in [-0.05, 0) is 31.4 Å². The van der Waals surface area contributed by atoms with Crippen LogP contribution < -0.4 is 10.9 Å². The second kappa shape index (κ2) is 6.99. The summed E-state index contributed by atoms with van der Waals surface area (Å²) in [6.07, 6.45) is 8.47. The van der Waals surface area contributed by atoms with Crippen LogP contribution in [-0.2, 0) is 11.8 Å². The molecule has 0 bridgehead atoms. The quantitative estimate of drug-likeness (QED) is 0.701. The second-order valence-corrected chi connectivity index (χ2v) is 7.47. The van der Waals surface area contributed by atoms with Gasteiger partial charge in [-0.2, -0.15) is 5.10 Å². The molecule has 9 nitrogen and oxygen atoms in total. The van der Waals surface area contributed by atoms with E-state index >= 15 is 0 Å². The summed E-state index contributed by atoms with van der Waals surface area (Å²) in [5.41, 5.74) is 1.13. The molecule has 1 saturated heterocycles. The number of morpholine rings is 1. The predicted octanol–water partition coefficient (Wildman–Crippen LogP) is 0.981. The fraction of sp³-hybridized carbons (Fsp3) is 0.474. The molecule has 3 atom stereocenters. The van der Waals surface area contributed by atoms with Gasteiger partial charge in [-0.15, -0.1) is 5.10 Å². The van der Waals surface area contributed by atoms with E-state index in [9.17, 15) is 4.79 Å². The van der Waals surface area contributed by atoms with E-state index in [-0.39, 0.29) is 17.6 Å². The van der Waals surface area contributed by atoms with Crippen molar-refractivity contribution in [1.29, 1.82) is 0 Å². The lowest BCUT2D eigenvalue weighted by atomic mass is 9.82. The molecule has 1 aliphatic heterocycles. The van der Waals surface area contributed by atoms with E-state index in [0.29, 0.717) is 17.4 Å². The Kier molecular flexibility index (Phi) is 4.33. The zero-order valence-corrected chi connectivity index (χ0v) is 15.7. The summed E-state index contributed by atoms with van der Waals surface area (Å²) in [5, 5.41) is 12.5. The Hall–Kier alpha value is -2.78. The van der Waals surface area contributed by atoms with Gasteiger partial charge in [-0.1, -0.05) is 0 Å². The van der Waals surface area contributed by atoms with Crippen LogP contribution in [0.3, 0.4) is 0 Å². The standard InChI is InChI=1S/C19H23N7O2/c1-25-11-13(10-22-25)26-18(12-4-5-16-15(9-12)20-7-8-28-16)23-17(24-26)14-3-2-6-21-19(14)27/h2-3,6,10-12,15-16,20H,4-5,7-9H2,1H3,(H,21,27)/t12-,15+,16+/m0/s1. The van der Waals surface area contributed by atoms with Crippen molar-refractivity contribution in [3.05, 3.63) is 46.9 Å². The lowest BCUT2D eigenvalue weighted by Gasteiger charge is -2.39. The molecule has 2 aliphatic rings. The van der Waals surface area contributed by atoms with Crippen molar-refractivity contribution in [3.63, 3.8) is 0 Å². The second-order valence-electron chi connectivity index (χ2n) is 7.47. The van der Waals surface area contributed by atoms with Gasteiger partial charge in [0.15, 0.2) is 5.82 Å². The number of aryl methyl sites for hydroxylation is 1. The lowest BCUT2D eigenvalue weighted by Crippen LogP contribution is -2.51. The minimum Gasteiger partial charge on any atom is -0.375 e.